The van der Waals surface area contributed by atoms with Gasteiger partial charge in [-0.1, -0.05) is 41.2 Å². The lowest BCUT2D eigenvalue weighted by Crippen LogP contribution is -2.59. The number of carbonyl (C=O) groups excluding carboxylic acids is 1. The number of ether oxygens (including phenoxy) is 1. The van der Waals surface area contributed by atoms with Gasteiger partial charge in [-0.2, -0.15) is 0 Å². The van der Waals surface area contributed by atoms with Crippen molar-refractivity contribution in [2.24, 2.45) is 22.7 Å². The Bertz CT molecular complexity index is 567. The monoisotopic (exact) mass is 334 g/mol. The van der Waals surface area contributed by atoms with Crippen LogP contribution in [0.25, 0.3) is 0 Å². The Morgan fingerprint density at radius 3 is 2.71 bits per heavy atom. The fraction of sp³-hybridized carbons (Fsp3) is 0.857. The quantitative estimate of drug-likeness (QED) is 0.762. The lowest BCUT2D eigenvalue weighted by Gasteiger charge is -2.58. The number of carbonyl (C=O) groups is 1. The molecular weight excluding hydrogens is 300 g/mol. The Labute approximate surface area is 146 Å². The van der Waals surface area contributed by atoms with Gasteiger partial charge in [-0.15, -0.1) is 0 Å². The fourth-order valence-electron chi connectivity index (χ4n) is 5.67. The Morgan fingerprint density at radius 2 is 2.08 bits per heavy atom. The van der Waals surface area contributed by atoms with E-state index in [0.29, 0.717) is 25.2 Å². The van der Waals surface area contributed by atoms with E-state index in [1.54, 1.807) is 0 Å². The zero-order chi connectivity index (χ0) is 18.0. The van der Waals surface area contributed by atoms with Crippen molar-refractivity contribution in [2.75, 3.05) is 0 Å². The highest BCUT2D eigenvalue weighted by atomic mass is 16.7. The SMILES string of the molecule is C=C1CCC[C@@]2(C)C(C)CC3(O)O[C@@]12C[C@@]3(C)CCC(=O)C(C)C. The standard InChI is InChI=1S/C21H34O3/c1-14(2)17(22)9-11-18(5)13-20-15(3)8-7-10-19(20,6)16(4)12-21(18,23)24-20/h14,16,23H,3,7-13H2,1-2,4-6H3/t16?,18-,19+,20+,21?/m1/s1. The van der Waals surface area contributed by atoms with Gasteiger partial charge in [0.15, 0.2) is 5.79 Å². The maximum absolute atomic E-state index is 12.2. The van der Waals surface area contributed by atoms with Gasteiger partial charge in [0.25, 0.3) is 0 Å². The van der Waals surface area contributed by atoms with Crippen LogP contribution in [0.1, 0.15) is 79.6 Å². The highest BCUT2D eigenvalue weighted by Gasteiger charge is 2.73. The molecule has 2 bridgehead atoms. The van der Waals surface area contributed by atoms with Crippen LogP contribution in [0.15, 0.2) is 12.2 Å². The fourth-order valence-corrected chi connectivity index (χ4v) is 5.67. The Kier molecular flexibility index (Phi) is 4.09. The lowest BCUT2D eigenvalue weighted by molar-refractivity contribution is -0.318. The highest BCUT2D eigenvalue weighted by molar-refractivity contribution is 5.80. The molecule has 0 aromatic rings. The van der Waals surface area contributed by atoms with Crippen molar-refractivity contribution < 1.29 is 14.6 Å². The second-order valence-corrected chi connectivity index (χ2v) is 9.55. The molecule has 3 nitrogen and oxygen atoms in total. The molecule has 5 atom stereocenters. The zero-order valence-electron chi connectivity index (χ0n) is 16.1. The van der Waals surface area contributed by atoms with E-state index in [1.807, 2.05) is 13.8 Å². The normalized spacial score (nSPS) is 47.8. The van der Waals surface area contributed by atoms with Crippen LogP contribution in [0.4, 0.5) is 0 Å². The van der Waals surface area contributed by atoms with E-state index in [4.69, 9.17) is 4.74 Å². The molecule has 3 aliphatic rings. The van der Waals surface area contributed by atoms with Gasteiger partial charge in [-0.25, -0.2) is 0 Å². The average molecular weight is 335 g/mol. The molecule has 0 aromatic carbocycles. The summed E-state index contributed by atoms with van der Waals surface area (Å²) in [5, 5.41) is 11.5. The van der Waals surface area contributed by atoms with Crippen LogP contribution < -0.4 is 0 Å². The molecule has 1 aliphatic carbocycles. The molecular formula is C21H34O3. The van der Waals surface area contributed by atoms with Crippen molar-refractivity contribution >= 4 is 5.78 Å². The summed E-state index contributed by atoms with van der Waals surface area (Å²) in [6, 6.07) is 0. The van der Waals surface area contributed by atoms with Crippen LogP contribution in [0, 0.1) is 22.7 Å². The van der Waals surface area contributed by atoms with E-state index in [1.165, 1.54) is 0 Å². The van der Waals surface area contributed by atoms with Crippen molar-refractivity contribution in [3.05, 3.63) is 12.2 Å². The maximum Gasteiger partial charge on any atom is 0.172 e. The molecule has 24 heavy (non-hydrogen) atoms. The van der Waals surface area contributed by atoms with Crippen molar-refractivity contribution in [2.45, 2.75) is 91.0 Å². The van der Waals surface area contributed by atoms with Gasteiger partial charge in [0, 0.05) is 29.6 Å². The van der Waals surface area contributed by atoms with Crippen molar-refractivity contribution in [3.63, 3.8) is 0 Å². The van der Waals surface area contributed by atoms with Crippen LogP contribution in [0.5, 0.6) is 0 Å². The predicted octanol–water partition coefficient (Wildman–Crippen LogP) is 4.63. The summed E-state index contributed by atoms with van der Waals surface area (Å²) in [4.78, 5) is 12.2. The molecule has 3 rings (SSSR count). The molecule has 1 saturated carbocycles. The summed E-state index contributed by atoms with van der Waals surface area (Å²) in [6.07, 6.45) is 5.94. The summed E-state index contributed by atoms with van der Waals surface area (Å²) in [5.74, 6) is -0.423. The zero-order valence-corrected chi connectivity index (χ0v) is 16.1. The molecule has 0 aromatic heterocycles. The minimum atomic E-state index is -1.14. The molecule has 2 heterocycles. The van der Waals surface area contributed by atoms with E-state index in [-0.39, 0.29) is 22.5 Å². The summed E-state index contributed by atoms with van der Waals surface area (Å²) in [6.45, 7) is 15.0. The number of rotatable bonds is 4. The molecule has 2 unspecified atom stereocenters. The van der Waals surface area contributed by atoms with E-state index >= 15 is 0 Å². The smallest absolute Gasteiger partial charge is 0.172 e. The van der Waals surface area contributed by atoms with Crippen LogP contribution in [0.2, 0.25) is 0 Å². The van der Waals surface area contributed by atoms with Gasteiger partial charge >= 0.3 is 0 Å². The number of hydrogen-bond donors (Lipinski definition) is 1. The number of fused-ring (bicyclic) bond motifs is 1. The Hall–Kier alpha value is -0.670. The summed E-state index contributed by atoms with van der Waals surface area (Å²) in [5.41, 5.74) is 0.381. The van der Waals surface area contributed by atoms with E-state index in [2.05, 4.69) is 27.4 Å². The van der Waals surface area contributed by atoms with Gasteiger partial charge in [-0.05, 0) is 43.6 Å². The van der Waals surface area contributed by atoms with Crippen LogP contribution >= 0.6 is 0 Å². The molecule has 0 radical (unpaired) electrons. The third kappa shape index (κ3) is 2.20. The Morgan fingerprint density at radius 1 is 1.42 bits per heavy atom. The lowest BCUT2D eigenvalue weighted by atomic mass is 9.55. The minimum Gasteiger partial charge on any atom is -0.365 e. The summed E-state index contributed by atoms with van der Waals surface area (Å²) >= 11 is 0. The molecule has 136 valence electrons. The molecule has 1 N–H and O–H groups in total. The third-order valence-electron chi connectivity index (χ3n) is 7.83. The first kappa shape index (κ1) is 18.1. The van der Waals surface area contributed by atoms with E-state index in [0.717, 1.165) is 31.3 Å². The first-order valence-electron chi connectivity index (χ1n) is 9.63. The van der Waals surface area contributed by atoms with Gasteiger partial charge in [0.2, 0.25) is 0 Å². The van der Waals surface area contributed by atoms with Crippen molar-refractivity contribution in [1.29, 1.82) is 0 Å². The molecule has 1 spiro atoms. The first-order valence-corrected chi connectivity index (χ1v) is 9.63. The van der Waals surface area contributed by atoms with Gasteiger partial charge in [0.05, 0.1) is 5.60 Å². The third-order valence-corrected chi connectivity index (χ3v) is 7.83. The average Bonchev–Trinajstić information content (AvgIpc) is 2.69. The molecule has 2 saturated heterocycles. The highest BCUT2D eigenvalue weighted by Crippen LogP contribution is 2.71. The van der Waals surface area contributed by atoms with E-state index in [9.17, 15) is 9.90 Å². The molecule has 2 aliphatic heterocycles. The maximum atomic E-state index is 12.2. The van der Waals surface area contributed by atoms with Crippen molar-refractivity contribution in [1.82, 2.24) is 0 Å². The van der Waals surface area contributed by atoms with Gasteiger partial charge < -0.3 is 9.84 Å². The Balaban J connectivity index is 1.95. The van der Waals surface area contributed by atoms with Crippen LogP contribution in [-0.4, -0.2) is 22.3 Å². The number of Topliss-reactive ketones (excluding diaryl/α,β-unsaturated/α-hetero) is 1. The van der Waals surface area contributed by atoms with Crippen LogP contribution in [0.3, 0.4) is 0 Å². The molecule has 3 fully saturated rings. The van der Waals surface area contributed by atoms with Crippen molar-refractivity contribution in [3.8, 4) is 0 Å². The van der Waals surface area contributed by atoms with E-state index < -0.39 is 11.4 Å². The molecule has 3 heteroatoms. The predicted molar refractivity (Wildman–Crippen MR) is 95.4 cm³/mol. The summed E-state index contributed by atoms with van der Waals surface area (Å²) < 4.78 is 6.52. The largest absolute Gasteiger partial charge is 0.365 e. The minimum absolute atomic E-state index is 0.0361. The second-order valence-electron chi connectivity index (χ2n) is 9.55. The number of ketones is 1. The van der Waals surface area contributed by atoms with Gasteiger partial charge in [-0.3, -0.25) is 4.79 Å². The van der Waals surface area contributed by atoms with Gasteiger partial charge in [0.1, 0.15) is 5.78 Å². The number of hydrogen-bond acceptors (Lipinski definition) is 3. The topological polar surface area (TPSA) is 46.5 Å². The first-order chi connectivity index (χ1) is 11.0. The number of aliphatic hydroxyl groups is 1. The second kappa shape index (κ2) is 5.41. The van der Waals surface area contributed by atoms with Crippen LogP contribution in [-0.2, 0) is 9.53 Å². The molecule has 0 amide bonds. The summed E-state index contributed by atoms with van der Waals surface area (Å²) in [7, 11) is 0.